The molecule has 0 N–H and O–H groups in total. The second kappa shape index (κ2) is 12.1. The molecule has 5 rings (SSSR count). The lowest BCUT2D eigenvalue weighted by molar-refractivity contribution is -0.132. The van der Waals surface area contributed by atoms with Gasteiger partial charge < -0.3 is 14.5 Å². The number of thioether (sulfide) groups is 1. The summed E-state index contributed by atoms with van der Waals surface area (Å²) in [5, 5.41) is 0.748. The zero-order valence-corrected chi connectivity index (χ0v) is 23.8. The molecule has 1 aromatic carbocycles. The summed E-state index contributed by atoms with van der Waals surface area (Å²) < 4.78 is 5.37. The highest BCUT2D eigenvalue weighted by molar-refractivity contribution is 7.98. The molecule has 3 aliphatic heterocycles. The summed E-state index contributed by atoms with van der Waals surface area (Å²) in [6.45, 7) is 7.31. The quantitative estimate of drug-likeness (QED) is 0.423. The highest BCUT2D eigenvalue weighted by atomic mass is 35.5. The van der Waals surface area contributed by atoms with Crippen LogP contribution in [0.25, 0.3) is 5.57 Å². The summed E-state index contributed by atoms with van der Waals surface area (Å²) in [6.07, 6.45) is 5.61. The van der Waals surface area contributed by atoms with Gasteiger partial charge in [-0.15, -0.1) is 11.8 Å². The van der Waals surface area contributed by atoms with Gasteiger partial charge in [-0.25, -0.2) is 4.79 Å². The molecule has 2 amide bonds. The van der Waals surface area contributed by atoms with Gasteiger partial charge in [-0.05, 0) is 66.8 Å². The fraction of sp³-hybridized carbons (Fsp3) is 0.500. The van der Waals surface area contributed by atoms with Gasteiger partial charge in [-0.1, -0.05) is 43.2 Å². The lowest BCUT2D eigenvalue weighted by Gasteiger charge is -2.34. The number of hydrogen-bond acceptors (Lipinski definition) is 5. The summed E-state index contributed by atoms with van der Waals surface area (Å²) >= 11 is 8.15. The molecular weight excluding hydrogens is 518 g/mol. The van der Waals surface area contributed by atoms with E-state index in [1.807, 2.05) is 48.8 Å². The topological polar surface area (TPSA) is 62.7 Å². The van der Waals surface area contributed by atoms with Gasteiger partial charge in [-0.2, -0.15) is 0 Å². The number of ether oxygens (including phenoxy) is 1. The first-order valence-corrected chi connectivity index (χ1v) is 15.0. The highest BCUT2D eigenvalue weighted by Crippen LogP contribution is 2.43. The van der Waals surface area contributed by atoms with Gasteiger partial charge in [0.15, 0.2) is 0 Å². The number of halogens is 1. The van der Waals surface area contributed by atoms with Crippen LogP contribution in [0.1, 0.15) is 62.8 Å². The number of fused-ring (bicyclic) bond motifs is 2. The maximum atomic E-state index is 13.2. The number of aromatic nitrogens is 1. The molecule has 202 valence electrons. The lowest BCUT2D eigenvalue weighted by Crippen LogP contribution is -2.42. The molecule has 8 heteroatoms. The van der Waals surface area contributed by atoms with Crippen molar-refractivity contribution in [3.8, 4) is 0 Å². The second-order valence-electron chi connectivity index (χ2n) is 10.9. The van der Waals surface area contributed by atoms with Crippen molar-refractivity contribution >= 4 is 40.9 Å². The van der Waals surface area contributed by atoms with Gasteiger partial charge in [0.1, 0.15) is 0 Å². The van der Waals surface area contributed by atoms with Crippen molar-refractivity contribution < 1.29 is 14.3 Å². The smallest absolute Gasteiger partial charge is 0.409 e. The van der Waals surface area contributed by atoms with Gasteiger partial charge in [0.2, 0.25) is 5.91 Å². The van der Waals surface area contributed by atoms with Crippen molar-refractivity contribution in [2.45, 2.75) is 56.6 Å². The van der Waals surface area contributed by atoms with E-state index in [0.717, 1.165) is 55.2 Å². The summed E-state index contributed by atoms with van der Waals surface area (Å²) in [5.74, 6) is 1.75. The Labute approximate surface area is 234 Å². The molecule has 2 saturated heterocycles. The maximum Gasteiger partial charge on any atom is 0.409 e. The molecule has 0 aliphatic carbocycles. The maximum absolute atomic E-state index is 13.2. The minimum Gasteiger partial charge on any atom is -0.449 e. The molecule has 0 bridgehead atoms. The zero-order chi connectivity index (χ0) is 26.6. The molecule has 4 heterocycles. The van der Waals surface area contributed by atoms with Crippen LogP contribution < -0.4 is 0 Å². The molecule has 0 saturated carbocycles. The van der Waals surface area contributed by atoms with Gasteiger partial charge in [-0.3, -0.25) is 9.78 Å². The van der Waals surface area contributed by atoms with Crippen LogP contribution >= 0.6 is 23.4 Å². The SMILES string of the molecule is CC(C)COC(=O)N1CCC(CC(=O)N2CCC(=C3c4ccc(Cl)cc4SCc4cccnc43)CC2)CC1. The second-order valence-corrected chi connectivity index (χ2v) is 12.4. The van der Waals surface area contributed by atoms with Gasteiger partial charge in [0.25, 0.3) is 0 Å². The molecule has 0 radical (unpaired) electrons. The number of benzene rings is 1. The van der Waals surface area contributed by atoms with E-state index in [1.54, 1.807) is 4.90 Å². The summed E-state index contributed by atoms with van der Waals surface area (Å²) in [6, 6.07) is 10.3. The monoisotopic (exact) mass is 553 g/mol. The third-order valence-corrected chi connectivity index (χ3v) is 9.01. The Balaban J connectivity index is 1.22. The van der Waals surface area contributed by atoms with Crippen molar-refractivity contribution in [3.05, 3.63) is 63.9 Å². The highest BCUT2D eigenvalue weighted by Gasteiger charge is 2.30. The number of amides is 2. The van der Waals surface area contributed by atoms with Crippen LogP contribution in [0.5, 0.6) is 0 Å². The van der Waals surface area contributed by atoms with E-state index < -0.39 is 0 Å². The van der Waals surface area contributed by atoms with Crippen molar-refractivity contribution in [1.29, 1.82) is 0 Å². The summed E-state index contributed by atoms with van der Waals surface area (Å²) in [5.41, 5.74) is 6.10. The number of carbonyl (C=O) groups is 2. The van der Waals surface area contributed by atoms with Crippen molar-refractivity contribution in [1.82, 2.24) is 14.8 Å². The van der Waals surface area contributed by atoms with E-state index in [4.69, 9.17) is 21.3 Å². The summed E-state index contributed by atoms with van der Waals surface area (Å²) in [4.78, 5) is 35.3. The Bertz CT molecular complexity index is 1210. The predicted octanol–water partition coefficient (Wildman–Crippen LogP) is 6.66. The zero-order valence-electron chi connectivity index (χ0n) is 22.2. The first kappa shape index (κ1) is 27.1. The fourth-order valence-corrected chi connectivity index (χ4v) is 6.86. The third kappa shape index (κ3) is 6.20. The molecule has 2 fully saturated rings. The van der Waals surface area contributed by atoms with Crippen LogP contribution in [0.2, 0.25) is 5.02 Å². The average Bonchev–Trinajstić information content (AvgIpc) is 3.09. The first-order chi connectivity index (χ1) is 18.4. The third-order valence-electron chi connectivity index (χ3n) is 7.67. The number of rotatable bonds is 4. The number of piperidine rings is 2. The van der Waals surface area contributed by atoms with Gasteiger partial charge in [0.05, 0.1) is 12.3 Å². The molecule has 0 atom stereocenters. The number of likely N-dealkylation sites (tertiary alicyclic amines) is 2. The molecule has 2 aromatic rings. The number of nitrogens with zero attached hydrogens (tertiary/aromatic N) is 3. The van der Waals surface area contributed by atoms with E-state index in [1.165, 1.54) is 27.2 Å². The van der Waals surface area contributed by atoms with Crippen molar-refractivity contribution in [2.24, 2.45) is 11.8 Å². The largest absolute Gasteiger partial charge is 0.449 e. The van der Waals surface area contributed by atoms with Gasteiger partial charge in [0, 0.05) is 60.0 Å². The number of pyridine rings is 1. The average molecular weight is 554 g/mol. The van der Waals surface area contributed by atoms with Crippen molar-refractivity contribution in [3.63, 3.8) is 0 Å². The Morgan fingerprint density at radius 3 is 2.61 bits per heavy atom. The van der Waals surface area contributed by atoms with E-state index >= 15 is 0 Å². The lowest BCUT2D eigenvalue weighted by atomic mass is 9.88. The molecule has 1 aromatic heterocycles. The minimum absolute atomic E-state index is 0.225. The van der Waals surface area contributed by atoms with Crippen LogP contribution in [0, 0.1) is 11.8 Å². The first-order valence-electron chi connectivity index (χ1n) is 13.7. The van der Waals surface area contributed by atoms with Crippen LogP contribution in [-0.4, -0.2) is 59.6 Å². The Hall–Kier alpha value is -2.51. The van der Waals surface area contributed by atoms with E-state index in [9.17, 15) is 9.59 Å². The Morgan fingerprint density at radius 1 is 1.11 bits per heavy atom. The van der Waals surface area contributed by atoms with Crippen LogP contribution in [-0.2, 0) is 15.3 Å². The predicted molar refractivity (Wildman–Crippen MR) is 152 cm³/mol. The Morgan fingerprint density at radius 2 is 1.87 bits per heavy atom. The molecule has 38 heavy (non-hydrogen) atoms. The molecular formula is C30H36ClN3O3S. The van der Waals surface area contributed by atoms with Crippen LogP contribution in [0.4, 0.5) is 4.79 Å². The number of hydrogen-bond donors (Lipinski definition) is 0. The molecule has 0 spiro atoms. The van der Waals surface area contributed by atoms with Gasteiger partial charge >= 0.3 is 6.09 Å². The number of carbonyl (C=O) groups excluding carboxylic acids is 2. The molecule has 3 aliphatic rings. The molecule has 6 nitrogen and oxygen atoms in total. The normalized spacial score (nSPS) is 18.2. The fourth-order valence-electron chi connectivity index (χ4n) is 5.54. The van der Waals surface area contributed by atoms with Crippen LogP contribution in [0.15, 0.2) is 47.0 Å². The van der Waals surface area contributed by atoms with E-state index in [-0.39, 0.29) is 12.0 Å². The van der Waals surface area contributed by atoms with Crippen molar-refractivity contribution in [2.75, 3.05) is 32.8 Å². The standard InChI is InChI=1S/C30H36ClN3O3S/c1-20(2)18-37-30(36)34-12-7-21(8-13-34)16-27(35)33-14-9-22(10-15-33)28-25-6-5-24(31)17-26(25)38-19-23-4-3-11-32-29(23)28/h3-6,11,17,20-21H,7-10,12-16,18-19H2,1-2H3. The summed E-state index contributed by atoms with van der Waals surface area (Å²) in [7, 11) is 0. The van der Waals surface area contributed by atoms with Crippen LogP contribution in [0.3, 0.4) is 0 Å². The Kier molecular flexibility index (Phi) is 8.64. The minimum atomic E-state index is -0.225. The van der Waals surface area contributed by atoms with E-state index in [2.05, 4.69) is 18.2 Å². The van der Waals surface area contributed by atoms with E-state index in [0.29, 0.717) is 38.0 Å². The molecule has 0 unspecified atom stereocenters.